The lowest BCUT2D eigenvalue weighted by atomic mass is 10.1. The van der Waals surface area contributed by atoms with E-state index in [4.69, 9.17) is 9.78 Å². The molecule has 3 rings (SSSR count). The van der Waals surface area contributed by atoms with E-state index in [1.54, 1.807) is 6.07 Å². The lowest BCUT2D eigenvalue weighted by Crippen LogP contribution is -2.46. The maximum Gasteiger partial charge on any atom is 0.389 e. The average Bonchev–Trinajstić information content (AvgIpc) is 3.10. The van der Waals surface area contributed by atoms with Gasteiger partial charge in [-0.2, -0.15) is 23.4 Å². The first-order valence-electron chi connectivity index (χ1n) is 8.29. The zero-order valence-electron chi connectivity index (χ0n) is 14.0. The van der Waals surface area contributed by atoms with E-state index in [2.05, 4.69) is 21.1 Å². The van der Waals surface area contributed by atoms with Crippen LogP contribution in [0.1, 0.15) is 23.4 Å². The Bertz CT molecular complexity index is 775. The van der Waals surface area contributed by atoms with Crippen LogP contribution in [-0.4, -0.2) is 47.4 Å². The standard InChI is InChI=1S/C17H18F3N5O/c18-17(19,20)6-5-15-22-16(26-23-15)25-9-7-24(8-10-25)12-14-4-2-1-3-13(14)11-21/h1-4H,5-10,12H2. The van der Waals surface area contributed by atoms with E-state index in [0.29, 0.717) is 25.2 Å². The van der Waals surface area contributed by atoms with Crippen molar-refractivity contribution in [3.8, 4) is 6.07 Å². The first-order chi connectivity index (χ1) is 12.4. The van der Waals surface area contributed by atoms with Gasteiger partial charge in [0.2, 0.25) is 0 Å². The summed E-state index contributed by atoms with van der Waals surface area (Å²) in [6.07, 6.45) is -5.47. The molecule has 2 heterocycles. The Balaban J connectivity index is 1.52. The molecule has 6 nitrogen and oxygen atoms in total. The van der Waals surface area contributed by atoms with Crippen molar-refractivity contribution in [1.29, 1.82) is 5.26 Å². The summed E-state index contributed by atoms with van der Waals surface area (Å²) < 4.78 is 41.9. The number of nitrogens with zero attached hydrogens (tertiary/aromatic N) is 5. The average molecular weight is 365 g/mol. The van der Waals surface area contributed by atoms with Gasteiger partial charge < -0.3 is 9.42 Å². The van der Waals surface area contributed by atoms with Crippen LogP contribution in [0, 0.1) is 11.3 Å². The Hall–Kier alpha value is -2.60. The highest BCUT2D eigenvalue weighted by Gasteiger charge is 2.28. The summed E-state index contributed by atoms with van der Waals surface area (Å²) in [5.74, 6) is 0.0719. The summed E-state index contributed by atoms with van der Waals surface area (Å²) in [7, 11) is 0. The van der Waals surface area contributed by atoms with Crippen molar-refractivity contribution in [3.05, 3.63) is 41.2 Å². The van der Waals surface area contributed by atoms with Gasteiger partial charge in [-0.3, -0.25) is 4.90 Å². The Kier molecular flexibility index (Phi) is 5.42. The maximum absolute atomic E-state index is 12.3. The van der Waals surface area contributed by atoms with Crippen LogP contribution in [0.5, 0.6) is 0 Å². The minimum absolute atomic E-state index is 0.0719. The van der Waals surface area contributed by atoms with E-state index >= 15 is 0 Å². The molecule has 1 aromatic heterocycles. The molecular formula is C17H18F3N5O. The molecule has 2 aromatic rings. The Morgan fingerprint density at radius 2 is 1.88 bits per heavy atom. The highest BCUT2D eigenvalue weighted by Crippen LogP contribution is 2.22. The minimum Gasteiger partial charge on any atom is -0.322 e. The van der Waals surface area contributed by atoms with Crippen molar-refractivity contribution in [2.24, 2.45) is 0 Å². The van der Waals surface area contributed by atoms with Crippen LogP contribution >= 0.6 is 0 Å². The molecule has 138 valence electrons. The van der Waals surface area contributed by atoms with Gasteiger partial charge >= 0.3 is 12.2 Å². The van der Waals surface area contributed by atoms with Crippen molar-refractivity contribution >= 4 is 6.01 Å². The molecule has 0 saturated carbocycles. The van der Waals surface area contributed by atoms with E-state index in [0.717, 1.165) is 18.7 Å². The third kappa shape index (κ3) is 4.73. The van der Waals surface area contributed by atoms with Gasteiger partial charge in [0.15, 0.2) is 5.82 Å². The number of hydrogen-bond acceptors (Lipinski definition) is 6. The number of benzene rings is 1. The summed E-state index contributed by atoms with van der Waals surface area (Å²) in [6, 6.07) is 9.95. The van der Waals surface area contributed by atoms with Gasteiger partial charge in [0.25, 0.3) is 0 Å². The third-order valence-corrected chi connectivity index (χ3v) is 4.26. The fraction of sp³-hybridized carbons (Fsp3) is 0.471. The van der Waals surface area contributed by atoms with Crippen molar-refractivity contribution < 1.29 is 17.7 Å². The predicted molar refractivity (Wildman–Crippen MR) is 87.3 cm³/mol. The second-order valence-electron chi connectivity index (χ2n) is 6.14. The van der Waals surface area contributed by atoms with Gasteiger partial charge in [-0.25, -0.2) is 0 Å². The predicted octanol–water partition coefficient (Wildman–Crippen LogP) is 2.76. The van der Waals surface area contributed by atoms with Crippen LogP contribution in [0.15, 0.2) is 28.8 Å². The normalized spacial score (nSPS) is 15.8. The van der Waals surface area contributed by atoms with Crippen LogP contribution in [0.3, 0.4) is 0 Å². The molecule has 1 fully saturated rings. The van der Waals surface area contributed by atoms with Crippen LogP contribution in [-0.2, 0) is 13.0 Å². The Labute approximate surface area is 148 Å². The van der Waals surface area contributed by atoms with Gasteiger partial charge in [-0.05, 0) is 11.6 Å². The molecule has 0 atom stereocenters. The van der Waals surface area contributed by atoms with Crippen molar-refractivity contribution in [2.45, 2.75) is 25.6 Å². The molecule has 9 heteroatoms. The van der Waals surface area contributed by atoms with Crippen LogP contribution in [0.4, 0.5) is 19.2 Å². The van der Waals surface area contributed by atoms with E-state index in [9.17, 15) is 13.2 Å². The fourth-order valence-electron chi connectivity index (χ4n) is 2.83. The monoisotopic (exact) mass is 365 g/mol. The number of nitriles is 1. The number of aryl methyl sites for hydroxylation is 1. The molecule has 1 aromatic carbocycles. The van der Waals surface area contributed by atoms with Gasteiger partial charge in [0, 0.05) is 39.1 Å². The third-order valence-electron chi connectivity index (χ3n) is 4.26. The highest BCUT2D eigenvalue weighted by atomic mass is 19.4. The SMILES string of the molecule is N#Cc1ccccc1CN1CCN(c2nc(CCC(F)(F)F)no2)CC1. The molecule has 0 unspecified atom stereocenters. The summed E-state index contributed by atoms with van der Waals surface area (Å²) in [4.78, 5) is 8.15. The smallest absolute Gasteiger partial charge is 0.322 e. The van der Waals surface area contributed by atoms with Crippen LogP contribution in [0.25, 0.3) is 0 Å². The molecule has 0 N–H and O–H groups in total. The zero-order chi connectivity index (χ0) is 18.6. The summed E-state index contributed by atoms with van der Waals surface area (Å²) in [5.41, 5.74) is 1.65. The largest absolute Gasteiger partial charge is 0.389 e. The fourth-order valence-corrected chi connectivity index (χ4v) is 2.83. The number of alkyl halides is 3. The van der Waals surface area contributed by atoms with E-state index < -0.39 is 12.6 Å². The molecule has 0 bridgehead atoms. The first-order valence-corrected chi connectivity index (χ1v) is 8.29. The molecular weight excluding hydrogens is 347 g/mol. The molecule has 26 heavy (non-hydrogen) atoms. The van der Waals surface area contributed by atoms with Crippen molar-refractivity contribution in [2.75, 3.05) is 31.1 Å². The second kappa shape index (κ2) is 7.74. The van der Waals surface area contributed by atoms with Gasteiger partial charge in [0.05, 0.1) is 18.1 Å². The minimum atomic E-state index is -4.23. The van der Waals surface area contributed by atoms with E-state index in [1.807, 2.05) is 23.1 Å². The molecule has 0 aliphatic carbocycles. The highest BCUT2D eigenvalue weighted by molar-refractivity contribution is 5.37. The number of piperazine rings is 1. The number of aromatic nitrogens is 2. The lowest BCUT2D eigenvalue weighted by Gasteiger charge is -2.33. The topological polar surface area (TPSA) is 69.2 Å². The zero-order valence-corrected chi connectivity index (χ0v) is 14.0. The van der Waals surface area contributed by atoms with Gasteiger partial charge in [-0.15, -0.1) is 0 Å². The number of hydrogen-bond donors (Lipinski definition) is 0. The molecule has 1 aliphatic rings. The van der Waals surface area contributed by atoms with Gasteiger partial charge in [0.1, 0.15) is 0 Å². The van der Waals surface area contributed by atoms with Crippen molar-refractivity contribution in [3.63, 3.8) is 0 Å². The molecule has 0 radical (unpaired) electrons. The quantitative estimate of drug-likeness (QED) is 0.812. The Morgan fingerprint density at radius 1 is 1.15 bits per heavy atom. The number of anilines is 1. The summed E-state index contributed by atoms with van der Waals surface area (Å²) in [5, 5.41) is 12.8. The number of halogens is 3. The van der Waals surface area contributed by atoms with E-state index in [-0.39, 0.29) is 18.3 Å². The second-order valence-corrected chi connectivity index (χ2v) is 6.14. The maximum atomic E-state index is 12.3. The molecule has 1 aliphatic heterocycles. The summed E-state index contributed by atoms with van der Waals surface area (Å²) >= 11 is 0. The lowest BCUT2D eigenvalue weighted by molar-refractivity contribution is -0.134. The first kappa shape index (κ1) is 18.2. The summed E-state index contributed by atoms with van der Waals surface area (Å²) in [6.45, 7) is 3.42. The number of rotatable bonds is 5. The van der Waals surface area contributed by atoms with Crippen molar-refractivity contribution in [1.82, 2.24) is 15.0 Å². The van der Waals surface area contributed by atoms with Gasteiger partial charge in [-0.1, -0.05) is 23.4 Å². The van der Waals surface area contributed by atoms with Crippen LogP contribution < -0.4 is 4.90 Å². The Morgan fingerprint density at radius 3 is 2.58 bits per heavy atom. The molecule has 1 saturated heterocycles. The molecule has 0 spiro atoms. The molecule has 0 amide bonds. The van der Waals surface area contributed by atoms with E-state index in [1.165, 1.54) is 0 Å². The van der Waals surface area contributed by atoms with Crippen LogP contribution in [0.2, 0.25) is 0 Å².